The van der Waals surface area contributed by atoms with Gasteiger partial charge in [-0.15, -0.1) is 12.3 Å². The standard InChI is InChI=1S/C11H17N3/c1-2-3-4-6-13-8-10-14(7-5-12)11-9-13/h1H,3-4,6-11H2. The molecule has 0 aromatic heterocycles. The fourth-order valence-corrected chi connectivity index (χ4v) is 1.68. The summed E-state index contributed by atoms with van der Waals surface area (Å²) in [5, 5.41) is 8.53. The summed E-state index contributed by atoms with van der Waals surface area (Å²) in [6, 6.07) is 2.19. The molecule has 0 aliphatic carbocycles. The summed E-state index contributed by atoms with van der Waals surface area (Å²) in [6.45, 7) is 5.86. The van der Waals surface area contributed by atoms with E-state index in [1.54, 1.807) is 0 Å². The van der Waals surface area contributed by atoms with Crippen molar-refractivity contribution in [3.8, 4) is 18.4 Å². The zero-order chi connectivity index (χ0) is 10.2. The van der Waals surface area contributed by atoms with Gasteiger partial charge < -0.3 is 4.90 Å². The van der Waals surface area contributed by atoms with Crippen LogP contribution in [0.5, 0.6) is 0 Å². The normalized spacial score (nSPS) is 18.7. The second-order valence-corrected chi connectivity index (χ2v) is 3.58. The van der Waals surface area contributed by atoms with Crippen molar-refractivity contribution in [3.05, 3.63) is 0 Å². The van der Waals surface area contributed by atoms with Gasteiger partial charge in [-0.2, -0.15) is 5.26 Å². The summed E-state index contributed by atoms with van der Waals surface area (Å²) in [4.78, 5) is 4.61. The quantitative estimate of drug-likeness (QED) is 0.369. The van der Waals surface area contributed by atoms with Gasteiger partial charge in [0, 0.05) is 32.6 Å². The van der Waals surface area contributed by atoms with E-state index in [9.17, 15) is 0 Å². The Morgan fingerprint density at radius 2 is 1.79 bits per heavy atom. The van der Waals surface area contributed by atoms with Crippen LogP contribution < -0.4 is 0 Å². The number of rotatable bonds is 4. The summed E-state index contributed by atoms with van der Waals surface area (Å²) >= 11 is 0. The minimum absolute atomic E-state index is 0.568. The summed E-state index contributed by atoms with van der Waals surface area (Å²) in [5.74, 6) is 2.66. The zero-order valence-corrected chi connectivity index (χ0v) is 8.58. The van der Waals surface area contributed by atoms with Gasteiger partial charge in [0.25, 0.3) is 0 Å². The van der Waals surface area contributed by atoms with Crippen LogP contribution in [0.25, 0.3) is 0 Å². The Bertz CT molecular complexity index is 228. The van der Waals surface area contributed by atoms with Crippen molar-refractivity contribution < 1.29 is 0 Å². The maximum Gasteiger partial charge on any atom is 0.0866 e. The van der Waals surface area contributed by atoms with Gasteiger partial charge in [-0.1, -0.05) is 0 Å². The molecule has 14 heavy (non-hydrogen) atoms. The monoisotopic (exact) mass is 191 g/mol. The first-order chi connectivity index (χ1) is 6.86. The summed E-state index contributed by atoms with van der Waals surface area (Å²) < 4.78 is 0. The molecule has 0 radical (unpaired) electrons. The third-order valence-corrected chi connectivity index (χ3v) is 2.55. The molecule has 0 aromatic rings. The van der Waals surface area contributed by atoms with Gasteiger partial charge in [-0.05, 0) is 13.0 Å². The topological polar surface area (TPSA) is 30.3 Å². The van der Waals surface area contributed by atoms with E-state index in [0.29, 0.717) is 6.54 Å². The number of hydrogen-bond donors (Lipinski definition) is 0. The Morgan fingerprint density at radius 1 is 1.14 bits per heavy atom. The molecule has 0 saturated carbocycles. The zero-order valence-electron chi connectivity index (χ0n) is 8.58. The minimum atomic E-state index is 0.568. The number of nitriles is 1. The maximum atomic E-state index is 8.53. The van der Waals surface area contributed by atoms with Gasteiger partial charge in [0.15, 0.2) is 0 Å². The molecule has 1 aliphatic rings. The number of hydrogen-bond acceptors (Lipinski definition) is 3. The van der Waals surface area contributed by atoms with Crippen molar-refractivity contribution in [2.75, 3.05) is 39.3 Å². The van der Waals surface area contributed by atoms with Gasteiger partial charge in [0.1, 0.15) is 0 Å². The summed E-state index contributed by atoms with van der Waals surface area (Å²) in [7, 11) is 0. The fourth-order valence-electron chi connectivity index (χ4n) is 1.68. The highest BCUT2D eigenvalue weighted by atomic mass is 15.3. The second kappa shape index (κ2) is 6.43. The molecule has 1 fully saturated rings. The average Bonchev–Trinajstić information content (AvgIpc) is 2.21. The number of unbranched alkanes of at least 4 members (excludes halogenated alkanes) is 1. The molecule has 0 bridgehead atoms. The van der Waals surface area contributed by atoms with Crippen molar-refractivity contribution >= 4 is 0 Å². The summed E-state index contributed by atoms with van der Waals surface area (Å²) in [6.07, 6.45) is 7.16. The van der Waals surface area contributed by atoms with Gasteiger partial charge in [-0.25, -0.2) is 0 Å². The van der Waals surface area contributed by atoms with E-state index >= 15 is 0 Å². The third kappa shape index (κ3) is 3.79. The van der Waals surface area contributed by atoms with Crippen LogP contribution in [-0.4, -0.2) is 49.1 Å². The van der Waals surface area contributed by atoms with Crippen LogP contribution in [0.3, 0.4) is 0 Å². The molecule has 0 amide bonds. The number of nitrogens with zero attached hydrogens (tertiary/aromatic N) is 3. The molecule has 0 aromatic carbocycles. The second-order valence-electron chi connectivity index (χ2n) is 3.58. The van der Waals surface area contributed by atoms with Gasteiger partial charge >= 0.3 is 0 Å². The Labute approximate surface area is 86.3 Å². The highest BCUT2D eigenvalue weighted by Crippen LogP contribution is 2.02. The van der Waals surface area contributed by atoms with E-state index < -0.39 is 0 Å². The van der Waals surface area contributed by atoms with Crippen LogP contribution in [0.2, 0.25) is 0 Å². The highest BCUT2D eigenvalue weighted by molar-refractivity contribution is 4.84. The van der Waals surface area contributed by atoms with E-state index in [1.165, 1.54) is 0 Å². The predicted octanol–water partition coefficient (Wildman–Crippen LogP) is 0.541. The van der Waals surface area contributed by atoms with E-state index in [0.717, 1.165) is 45.6 Å². The lowest BCUT2D eigenvalue weighted by molar-refractivity contribution is 0.143. The SMILES string of the molecule is C#CCCCN1CCN(CC#N)CC1. The number of piperazine rings is 1. The Balaban J connectivity index is 2.11. The van der Waals surface area contributed by atoms with Crippen molar-refractivity contribution in [3.63, 3.8) is 0 Å². The number of terminal acetylenes is 1. The molecular weight excluding hydrogens is 174 g/mol. The molecule has 0 spiro atoms. The first kappa shape index (κ1) is 11.0. The van der Waals surface area contributed by atoms with Crippen molar-refractivity contribution in [1.29, 1.82) is 5.26 Å². The smallest absolute Gasteiger partial charge is 0.0866 e. The molecule has 1 saturated heterocycles. The Morgan fingerprint density at radius 3 is 2.36 bits per heavy atom. The van der Waals surface area contributed by atoms with Gasteiger partial charge in [0.05, 0.1) is 12.6 Å². The lowest BCUT2D eigenvalue weighted by atomic mass is 10.2. The van der Waals surface area contributed by atoms with Crippen molar-refractivity contribution in [2.24, 2.45) is 0 Å². The van der Waals surface area contributed by atoms with Crippen LogP contribution >= 0.6 is 0 Å². The molecule has 0 N–H and O–H groups in total. The lowest BCUT2D eigenvalue weighted by Crippen LogP contribution is -2.46. The lowest BCUT2D eigenvalue weighted by Gasteiger charge is -2.33. The highest BCUT2D eigenvalue weighted by Gasteiger charge is 2.15. The Kier molecular flexibility index (Phi) is 5.07. The molecular formula is C11H17N3. The molecule has 0 atom stereocenters. The van der Waals surface area contributed by atoms with Crippen LogP contribution in [0, 0.1) is 23.7 Å². The first-order valence-corrected chi connectivity index (χ1v) is 5.12. The molecule has 1 rings (SSSR count). The van der Waals surface area contributed by atoms with Crippen LogP contribution in [0.15, 0.2) is 0 Å². The van der Waals surface area contributed by atoms with Crippen LogP contribution in [0.1, 0.15) is 12.8 Å². The molecule has 1 aliphatic heterocycles. The van der Waals surface area contributed by atoms with E-state index in [2.05, 4.69) is 21.8 Å². The largest absolute Gasteiger partial charge is 0.301 e. The molecule has 3 heteroatoms. The first-order valence-electron chi connectivity index (χ1n) is 5.12. The average molecular weight is 191 g/mol. The minimum Gasteiger partial charge on any atom is -0.301 e. The maximum absolute atomic E-state index is 8.53. The van der Waals surface area contributed by atoms with Crippen LogP contribution in [0.4, 0.5) is 0 Å². The molecule has 1 heterocycles. The third-order valence-electron chi connectivity index (χ3n) is 2.55. The van der Waals surface area contributed by atoms with E-state index in [-0.39, 0.29) is 0 Å². The Hall–Kier alpha value is -1.03. The summed E-state index contributed by atoms with van der Waals surface area (Å²) in [5.41, 5.74) is 0. The van der Waals surface area contributed by atoms with E-state index in [4.69, 9.17) is 11.7 Å². The van der Waals surface area contributed by atoms with Crippen molar-refractivity contribution in [2.45, 2.75) is 12.8 Å². The van der Waals surface area contributed by atoms with Gasteiger partial charge in [-0.3, -0.25) is 4.90 Å². The molecule has 76 valence electrons. The molecule has 0 unspecified atom stereocenters. The molecule has 3 nitrogen and oxygen atoms in total. The predicted molar refractivity (Wildman–Crippen MR) is 56.6 cm³/mol. The van der Waals surface area contributed by atoms with Crippen molar-refractivity contribution in [1.82, 2.24) is 9.80 Å². The van der Waals surface area contributed by atoms with Crippen LogP contribution in [-0.2, 0) is 0 Å². The van der Waals surface area contributed by atoms with Gasteiger partial charge in [0.2, 0.25) is 0 Å². The van der Waals surface area contributed by atoms with E-state index in [1.807, 2.05) is 0 Å². The fraction of sp³-hybridized carbons (Fsp3) is 0.727.